The van der Waals surface area contributed by atoms with Crippen LogP contribution in [-0.2, 0) is 17.1 Å². The smallest absolute Gasteiger partial charge is 0.433 e. The van der Waals surface area contributed by atoms with Gasteiger partial charge in [-0.1, -0.05) is 0 Å². The Kier molecular flexibility index (Phi) is 3.69. The van der Waals surface area contributed by atoms with Crippen molar-refractivity contribution in [1.29, 1.82) is 0 Å². The Morgan fingerprint density at radius 2 is 1.75 bits per heavy atom. The summed E-state index contributed by atoms with van der Waals surface area (Å²) >= 11 is 0. The third-order valence-electron chi connectivity index (χ3n) is 4.51. The van der Waals surface area contributed by atoms with Crippen LogP contribution in [0.5, 0.6) is 0 Å². The maximum absolute atomic E-state index is 13.4. The minimum absolute atomic E-state index is 0.0169. The average molecular weight is 402 g/mol. The molecule has 1 aliphatic heterocycles. The van der Waals surface area contributed by atoms with Gasteiger partial charge in [-0.15, -0.1) is 0 Å². The lowest BCUT2D eigenvalue weighted by Gasteiger charge is -2.20. The van der Waals surface area contributed by atoms with Crippen molar-refractivity contribution in [2.75, 3.05) is 0 Å². The van der Waals surface area contributed by atoms with Crippen LogP contribution in [0.2, 0.25) is 0 Å². The summed E-state index contributed by atoms with van der Waals surface area (Å²) in [6, 6.07) is 2.37. The molecule has 28 heavy (non-hydrogen) atoms. The van der Waals surface area contributed by atoms with Crippen molar-refractivity contribution in [3.63, 3.8) is 0 Å². The molecule has 3 aromatic rings. The van der Waals surface area contributed by atoms with Gasteiger partial charge in [-0.25, -0.2) is 15.0 Å². The molecule has 4 heterocycles. The van der Waals surface area contributed by atoms with Crippen LogP contribution in [0.3, 0.4) is 0 Å². The molecule has 0 fully saturated rings. The molecule has 0 N–H and O–H groups in total. The number of aliphatic imine (C=N–C) groups is 1. The van der Waals surface area contributed by atoms with Gasteiger partial charge in [0.25, 0.3) is 0 Å². The molecule has 0 radical (unpaired) electrons. The van der Waals surface area contributed by atoms with Crippen molar-refractivity contribution < 1.29 is 31.1 Å². The maximum atomic E-state index is 13.4. The van der Waals surface area contributed by atoms with E-state index in [9.17, 15) is 26.3 Å². The van der Waals surface area contributed by atoms with E-state index in [-0.39, 0.29) is 11.7 Å². The largest absolute Gasteiger partial charge is 0.471 e. The van der Waals surface area contributed by atoms with E-state index in [1.54, 1.807) is 13.8 Å². The molecule has 0 amide bonds. The van der Waals surface area contributed by atoms with Crippen molar-refractivity contribution in [2.45, 2.75) is 37.8 Å². The predicted octanol–water partition coefficient (Wildman–Crippen LogP) is 4.80. The van der Waals surface area contributed by atoms with Crippen molar-refractivity contribution in [3.05, 3.63) is 41.3 Å². The Bertz CT molecular complexity index is 1110. The number of alkyl halides is 6. The molecule has 5 nitrogen and oxygen atoms in total. The number of hydrogen-bond donors (Lipinski definition) is 0. The molecule has 0 aliphatic carbocycles. The van der Waals surface area contributed by atoms with Crippen LogP contribution < -0.4 is 0 Å². The molecule has 4 rings (SSSR count). The zero-order valence-electron chi connectivity index (χ0n) is 14.4. The molecule has 11 heteroatoms. The molecule has 0 spiro atoms. The summed E-state index contributed by atoms with van der Waals surface area (Å²) in [5, 5.41) is -0.459. The summed E-state index contributed by atoms with van der Waals surface area (Å²) < 4.78 is 86.1. The predicted molar refractivity (Wildman–Crippen MR) is 86.9 cm³/mol. The lowest BCUT2D eigenvalue weighted by atomic mass is 9.97. The summed E-state index contributed by atoms with van der Waals surface area (Å²) in [5.74, 6) is 0. The van der Waals surface area contributed by atoms with Gasteiger partial charge >= 0.3 is 12.4 Å². The first-order valence-corrected chi connectivity index (χ1v) is 8.04. The number of pyridine rings is 2. The minimum atomic E-state index is -5.04. The van der Waals surface area contributed by atoms with E-state index in [2.05, 4.69) is 15.0 Å². The van der Waals surface area contributed by atoms with Crippen LogP contribution in [-0.4, -0.2) is 26.3 Å². The normalized spacial score (nSPS) is 19.5. The van der Waals surface area contributed by atoms with E-state index < -0.39 is 46.3 Å². The fraction of sp³-hybridized carbons (Fsp3) is 0.353. The first-order valence-electron chi connectivity index (χ1n) is 8.04. The van der Waals surface area contributed by atoms with Crippen LogP contribution in [0.15, 0.2) is 29.4 Å². The fourth-order valence-corrected chi connectivity index (χ4v) is 3.15. The molecule has 0 saturated carbocycles. The van der Waals surface area contributed by atoms with Crippen LogP contribution in [0.4, 0.5) is 26.3 Å². The van der Waals surface area contributed by atoms with E-state index in [1.807, 2.05) is 0 Å². The van der Waals surface area contributed by atoms with Gasteiger partial charge in [-0.05, 0) is 32.0 Å². The fourth-order valence-electron chi connectivity index (χ4n) is 3.15. The van der Waals surface area contributed by atoms with E-state index in [0.717, 1.165) is 10.5 Å². The van der Waals surface area contributed by atoms with Crippen molar-refractivity contribution in [2.24, 2.45) is 4.99 Å². The molecule has 3 aromatic heterocycles. The van der Waals surface area contributed by atoms with Gasteiger partial charge in [-0.2, -0.15) is 26.3 Å². The molecular weight excluding hydrogens is 390 g/mol. The quantitative estimate of drug-likeness (QED) is 0.550. The Morgan fingerprint density at radius 3 is 2.32 bits per heavy atom. The summed E-state index contributed by atoms with van der Waals surface area (Å²) in [6.07, 6.45) is -8.08. The van der Waals surface area contributed by atoms with Gasteiger partial charge in [-0.3, -0.25) is 4.40 Å². The van der Waals surface area contributed by atoms with Crippen LogP contribution >= 0.6 is 0 Å². The number of ether oxygens (including phenoxy) is 1. The number of fused-ring (bicyclic) bond motifs is 3. The van der Waals surface area contributed by atoms with Gasteiger partial charge in [0.15, 0.2) is 12.5 Å². The van der Waals surface area contributed by atoms with Crippen molar-refractivity contribution in [1.82, 2.24) is 14.4 Å². The number of aromatic nitrogens is 3. The Morgan fingerprint density at radius 1 is 1.04 bits per heavy atom. The van der Waals surface area contributed by atoms with Gasteiger partial charge in [0.1, 0.15) is 28.2 Å². The van der Waals surface area contributed by atoms with Gasteiger partial charge in [0.2, 0.25) is 0 Å². The van der Waals surface area contributed by atoms with Gasteiger partial charge < -0.3 is 4.74 Å². The average Bonchev–Trinajstić information content (AvgIpc) is 3.14. The monoisotopic (exact) mass is 402 g/mol. The second-order valence-electron chi connectivity index (χ2n) is 6.92. The minimum Gasteiger partial charge on any atom is -0.471 e. The first kappa shape index (κ1) is 18.5. The lowest BCUT2D eigenvalue weighted by molar-refractivity contribution is -0.144. The van der Waals surface area contributed by atoms with Crippen molar-refractivity contribution in [3.8, 4) is 0 Å². The second kappa shape index (κ2) is 5.58. The summed E-state index contributed by atoms with van der Waals surface area (Å²) in [4.78, 5) is 11.9. The SMILES string of the molecule is CC1(C)N=CO[C@H]1c1cn2c(ccc3c(C(F)(F)F)cc(C(F)(F)F)nc32)n1. The molecule has 1 aliphatic rings. The van der Waals surface area contributed by atoms with Crippen LogP contribution in [0.1, 0.15) is 36.9 Å². The van der Waals surface area contributed by atoms with E-state index in [4.69, 9.17) is 4.74 Å². The highest BCUT2D eigenvalue weighted by atomic mass is 19.4. The molecule has 0 unspecified atom stereocenters. The van der Waals surface area contributed by atoms with Crippen LogP contribution in [0.25, 0.3) is 16.7 Å². The molecule has 0 saturated heterocycles. The highest BCUT2D eigenvalue weighted by Crippen LogP contribution is 2.40. The zero-order valence-corrected chi connectivity index (χ0v) is 14.4. The highest BCUT2D eigenvalue weighted by molar-refractivity contribution is 5.83. The van der Waals surface area contributed by atoms with Crippen molar-refractivity contribution >= 4 is 23.1 Å². The van der Waals surface area contributed by atoms with E-state index in [1.165, 1.54) is 18.7 Å². The standard InChI is InChI=1S/C17H12F6N4O/c1-15(2)13(28-7-24-15)10-6-27-12(25-10)4-3-8-9(16(18,19)20)5-11(17(21,22)23)26-14(8)27/h3-7,13H,1-2H3/t13-/m0/s1. The Labute approximate surface area is 153 Å². The molecular formula is C17H12F6N4O. The molecule has 0 aromatic carbocycles. The van der Waals surface area contributed by atoms with Gasteiger partial charge in [0.05, 0.1) is 5.56 Å². The number of imidazole rings is 1. The third kappa shape index (κ3) is 2.85. The maximum Gasteiger partial charge on any atom is 0.433 e. The Hall–Kier alpha value is -2.85. The van der Waals surface area contributed by atoms with Crippen LogP contribution in [0, 0.1) is 0 Å². The van der Waals surface area contributed by atoms with E-state index >= 15 is 0 Å². The zero-order chi connectivity index (χ0) is 20.5. The number of nitrogens with zero attached hydrogens (tertiary/aromatic N) is 4. The summed E-state index contributed by atoms with van der Waals surface area (Å²) in [7, 11) is 0. The third-order valence-corrected chi connectivity index (χ3v) is 4.51. The lowest BCUT2D eigenvalue weighted by Crippen LogP contribution is -2.23. The Balaban J connectivity index is 2.01. The summed E-state index contributed by atoms with van der Waals surface area (Å²) in [6.45, 7) is 3.54. The topological polar surface area (TPSA) is 51.8 Å². The molecule has 1 atom stereocenters. The van der Waals surface area contributed by atoms with Gasteiger partial charge in [0, 0.05) is 11.6 Å². The molecule has 0 bridgehead atoms. The second-order valence-corrected chi connectivity index (χ2v) is 6.92. The first-order chi connectivity index (χ1) is 12.9. The summed E-state index contributed by atoms with van der Waals surface area (Å²) in [5.41, 5.74) is -3.75. The highest BCUT2D eigenvalue weighted by Gasteiger charge is 2.40. The van der Waals surface area contributed by atoms with E-state index in [0.29, 0.717) is 5.69 Å². The number of halogens is 6. The molecule has 148 valence electrons. The number of hydrogen-bond acceptors (Lipinski definition) is 4. The number of rotatable bonds is 1.